The summed E-state index contributed by atoms with van der Waals surface area (Å²) in [6.07, 6.45) is 0. The number of ether oxygens (including phenoxy) is 1. The highest BCUT2D eigenvalue weighted by Crippen LogP contribution is 2.26. The number of Topliss-reactive ketones (excluding diaryl/α,β-unsaturated/α-hetero) is 1. The molecule has 0 heterocycles. The largest absolute Gasteiger partial charge is 0.497 e. The molecule has 3 nitrogen and oxygen atoms in total. The van der Waals surface area contributed by atoms with E-state index in [0.717, 1.165) is 9.13 Å². The van der Waals surface area contributed by atoms with Crippen LogP contribution in [0.4, 0.5) is 0 Å². The molecule has 4 heteroatoms. The van der Waals surface area contributed by atoms with Gasteiger partial charge in [0.15, 0.2) is 5.78 Å². The number of hydrogen-bond acceptors (Lipinski definition) is 3. The van der Waals surface area contributed by atoms with Crippen molar-refractivity contribution in [3.8, 4) is 11.8 Å². The number of halogens is 1. The fourth-order valence-corrected chi connectivity index (χ4v) is 2.70. The summed E-state index contributed by atoms with van der Waals surface area (Å²) < 4.78 is 5.99. The first kappa shape index (κ1) is 15.5. The highest BCUT2D eigenvalue weighted by atomic mass is 127. The Morgan fingerprint density at radius 2 is 1.90 bits per heavy atom. The van der Waals surface area contributed by atoms with E-state index in [1.807, 2.05) is 19.1 Å². The third-order valence-corrected chi connectivity index (χ3v) is 4.73. The molecular formula is C17H14INO2. The molecule has 1 atom stereocenters. The second kappa shape index (κ2) is 6.72. The van der Waals surface area contributed by atoms with E-state index >= 15 is 0 Å². The van der Waals surface area contributed by atoms with Crippen molar-refractivity contribution in [3.05, 3.63) is 62.7 Å². The van der Waals surface area contributed by atoms with Crippen LogP contribution in [-0.2, 0) is 0 Å². The zero-order valence-electron chi connectivity index (χ0n) is 11.8. The summed E-state index contributed by atoms with van der Waals surface area (Å²) in [5, 5.41) is 9.39. The van der Waals surface area contributed by atoms with Crippen molar-refractivity contribution in [2.24, 2.45) is 0 Å². The summed E-state index contributed by atoms with van der Waals surface area (Å²) in [5.41, 5.74) is 2.31. The Balaban J connectivity index is 2.39. The molecule has 2 aromatic carbocycles. The van der Waals surface area contributed by atoms with E-state index in [2.05, 4.69) is 28.7 Å². The molecule has 0 aliphatic rings. The van der Waals surface area contributed by atoms with Gasteiger partial charge in [0.05, 0.1) is 13.2 Å². The third-order valence-electron chi connectivity index (χ3n) is 3.30. The van der Waals surface area contributed by atoms with Gasteiger partial charge in [-0.3, -0.25) is 4.79 Å². The second-order valence-corrected chi connectivity index (χ2v) is 5.71. The summed E-state index contributed by atoms with van der Waals surface area (Å²) >= 11 is 2.15. The Hall–Kier alpha value is -1.87. The molecule has 106 valence electrons. The summed E-state index contributed by atoms with van der Waals surface area (Å²) in [5.74, 6) is -0.269. The van der Waals surface area contributed by atoms with Gasteiger partial charge in [-0.2, -0.15) is 5.26 Å². The van der Waals surface area contributed by atoms with E-state index in [4.69, 9.17) is 4.74 Å². The molecule has 2 aromatic rings. The van der Waals surface area contributed by atoms with E-state index in [9.17, 15) is 10.1 Å². The van der Waals surface area contributed by atoms with Crippen LogP contribution < -0.4 is 4.74 Å². The van der Waals surface area contributed by atoms with Gasteiger partial charge in [-0.15, -0.1) is 0 Å². The quantitative estimate of drug-likeness (QED) is 0.583. The lowest BCUT2D eigenvalue weighted by atomic mass is 9.91. The van der Waals surface area contributed by atoms with Crippen LogP contribution in [0.1, 0.15) is 27.4 Å². The Morgan fingerprint density at radius 3 is 2.48 bits per heavy atom. The number of ketones is 1. The lowest BCUT2D eigenvalue weighted by Crippen LogP contribution is -2.13. The van der Waals surface area contributed by atoms with Crippen LogP contribution in [0, 0.1) is 21.8 Å². The van der Waals surface area contributed by atoms with Crippen molar-refractivity contribution in [3.63, 3.8) is 0 Å². The minimum atomic E-state index is -0.800. The Labute approximate surface area is 137 Å². The van der Waals surface area contributed by atoms with E-state index in [1.54, 1.807) is 37.4 Å². The van der Waals surface area contributed by atoms with E-state index in [0.29, 0.717) is 16.9 Å². The average Bonchev–Trinajstić information content (AvgIpc) is 2.51. The predicted molar refractivity (Wildman–Crippen MR) is 89.6 cm³/mol. The smallest absolute Gasteiger partial charge is 0.185 e. The molecule has 0 radical (unpaired) electrons. The zero-order chi connectivity index (χ0) is 15.4. The molecule has 0 saturated carbocycles. The lowest BCUT2D eigenvalue weighted by Gasteiger charge is -2.12. The van der Waals surface area contributed by atoms with Crippen LogP contribution in [0.25, 0.3) is 0 Å². The van der Waals surface area contributed by atoms with Gasteiger partial charge in [0.1, 0.15) is 11.7 Å². The molecular weight excluding hydrogens is 377 g/mol. The van der Waals surface area contributed by atoms with Crippen LogP contribution in [0.3, 0.4) is 0 Å². The van der Waals surface area contributed by atoms with Gasteiger partial charge in [-0.05, 0) is 52.8 Å². The van der Waals surface area contributed by atoms with Crippen molar-refractivity contribution in [2.75, 3.05) is 7.11 Å². The van der Waals surface area contributed by atoms with Crippen LogP contribution in [0.2, 0.25) is 0 Å². The first-order valence-corrected chi connectivity index (χ1v) is 7.49. The molecule has 0 fully saturated rings. The summed E-state index contributed by atoms with van der Waals surface area (Å²) in [6, 6.07) is 14.7. The first-order valence-electron chi connectivity index (χ1n) is 6.41. The average molecular weight is 391 g/mol. The van der Waals surface area contributed by atoms with Gasteiger partial charge in [0.25, 0.3) is 0 Å². The van der Waals surface area contributed by atoms with E-state index in [-0.39, 0.29) is 5.78 Å². The first-order chi connectivity index (χ1) is 10.1. The van der Waals surface area contributed by atoms with E-state index in [1.165, 1.54) is 0 Å². The van der Waals surface area contributed by atoms with Gasteiger partial charge >= 0.3 is 0 Å². The van der Waals surface area contributed by atoms with E-state index < -0.39 is 5.92 Å². The summed E-state index contributed by atoms with van der Waals surface area (Å²) in [6.45, 7) is 1.95. The molecule has 0 N–H and O–H groups in total. The minimum Gasteiger partial charge on any atom is -0.497 e. The Morgan fingerprint density at radius 1 is 1.24 bits per heavy atom. The normalized spacial score (nSPS) is 11.5. The second-order valence-electron chi connectivity index (χ2n) is 4.64. The summed E-state index contributed by atoms with van der Waals surface area (Å²) in [7, 11) is 1.58. The minimum absolute atomic E-state index is 0.171. The van der Waals surface area contributed by atoms with Gasteiger partial charge in [-0.25, -0.2) is 0 Å². The molecule has 0 aromatic heterocycles. The number of methoxy groups -OCH3 is 1. The molecule has 0 aliphatic heterocycles. The van der Waals surface area contributed by atoms with Crippen molar-refractivity contribution in [1.82, 2.24) is 0 Å². The third kappa shape index (κ3) is 3.24. The van der Waals surface area contributed by atoms with Crippen molar-refractivity contribution < 1.29 is 9.53 Å². The van der Waals surface area contributed by atoms with Gasteiger partial charge in [0.2, 0.25) is 0 Å². The lowest BCUT2D eigenvalue weighted by molar-refractivity contribution is 0.0978. The SMILES string of the molecule is COc1ccc(C(C#N)C(=O)c2cccc(C)c2I)cc1. The highest BCUT2D eigenvalue weighted by Gasteiger charge is 2.23. The molecule has 1 unspecified atom stereocenters. The highest BCUT2D eigenvalue weighted by molar-refractivity contribution is 14.1. The summed E-state index contributed by atoms with van der Waals surface area (Å²) in [4.78, 5) is 12.6. The van der Waals surface area contributed by atoms with Crippen LogP contribution >= 0.6 is 22.6 Å². The maximum absolute atomic E-state index is 12.6. The van der Waals surface area contributed by atoms with Crippen LogP contribution in [0.5, 0.6) is 5.75 Å². The standard InChI is InChI=1S/C17H14INO2/c1-11-4-3-5-14(16(11)18)17(20)15(10-19)12-6-8-13(21-2)9-7-12/h3-9,15H,1-2H3. The zero-order valence-corrected chi connectivity index (χ0v) is 13.9. The topological polar surface area (TPSA) is 50.1 Å². The fourth-order valence-electron chi connectivity index (χ4n) is 2.07. The van der Waals surface area contributed by atoms with Gasteiger partial charge in [-0.1, -0.05) is 30.3 Å². The number of carbonyl (C=O) groups excluding carboxylic acids is 1. The van der Waals surface area contributed by atoms with Crippen LogP contribution in [0.15, 0.2) is 42.5 Å². The molecule has 0 spiro atoms. The monoisotopic (exact) mass is 391 g/mol. The van der Waals surface area contributed by atoms with Gasteiger partial charge < -0.3 is 4.74 Å². The van der Waals surface area contributed by atoms with Gasteiger partial charge in [0, 0.05) is 9.13 Å². The molecule has 21 heavy (non-hydrogen) atoms. The number of hydrogen-bond donors (Lipinski definition) is 0. The molecule has 0 bridgehead atoms. The Kier molecular flexibility index (Phi) is 4.97. The fraction of sp³-hybridized carbons (Fsp3) is 0.176. The molecule has 0 amide bonds. The van der Waals surface area contributed by atoms with Crippen LogP contribution in [-0.4, -0.2) is 12.9 Å². The maximum atomic E-state index is 12.6. The number of rotatable bonds is 4. The predicted octanol–water partition coefficient (Wildman–Crippen LogP) is 4.10. The number of nitrogens with zero attached hydrogens (tertiary/aromatic N) is 1. The maximum Gasteiger partial charge on any atom is 0.185 e. The number of nitriles is 1. The van der Waals surface area contributed by atoms with Crippen molar-refractivity contribution in [2.45, 2.75) is 12.8 Å². The number of benzene rings is 2. The molecule has 0 saturated heterocycles. The number of aryl methyl sites for hydroxylation is 1. The Bertz CT molecular complexity index is 702. The van der Waals surface area contributed by atoms with Crippen molar-refractivity contribution in [1.29, 1.82) is 5.26 Å². The molecule has 0 aliphatic carbocycles. The molecule has 2 rings (SSSR count). The number of carbonyl (C=O) groups is 1. The van der Waals surface area contributed by atoms with Crippen molar-refractivity contribution >= 4 is 28.4 Å².